The second-order valence-electron chi connectivity index (χ2n) is 15.7. The fraction of sp³-hybridized carbons (Fsp3) is 0.971. The van der Waals surface area contributed by atoms with E-state index in [9.17, 15) is 39.6 Å². The maximum atomic E-state index is 11.6. The van der Waals surface area contributed by atoms with Crippen molar-refractivity contribution < 1.29 is 44.3 Å². The van der Waals surface area contributed by atoms with Crippen molar-refractivity contribution in [2.24, 2.45) is 39.9 Å². The van der Waals surface area contributed by atoms with Crippen LogP contribution in [0.15, 0.2) is 0 Å². The Kier molecular flexibility index (Phi) is 25.7. The first kappa shape index (κ1) is 52.0. The van der Waals surface area contributed by atoms with Crippen LogP contribution in [0.1, 0.15) is 141 Å². The highest BCUT2D eigenvalue weighted by Gasteiger charge is 2.64. The molecule has 0 aromatic carbocycles. The van der Waals surface area contributed by atoms with Crippen LogP contribution in [0, 0.1) is 39.9 Å². The lowest BCUT2D eigenvalue weighted by Gasteiger charge is -2.37. The number of hydrogen-bond donors (Lipinski definition) is 0. The highest BCUT2D eigenvalue weighted by molar-refractivity contribution is 7.89. The molecule has 0 amide bonds. The van der Waals surface area contributed by atoms with Crippen LogP contribution in [0.5, 0.6) is 0 Å². The standard InChI is InChI=1S/C15H26.C5H6F6.C5H12.C3H6O.C3H8.C2H6O2S.C2H6O/c1-15(2)13-9-5-3-7-11(13)12-8-4-6-10-14(12)15;1-3(2,4(6,7)8)5(9,10)11;1-5(2,3)4;1-3(2)4;1-3-2;1-5(2,3)4;1-3-2/h11-14H,3-10H2,1-2H3;1-2H3;1-4H3;1-2H3;3H2,1-2H3;1-2H3;1-2H3. The van der Waals surface area contributed by atoms with Gasteiger partial charge in [0.2, 0.25) is 0 Å². The van der Waals surface area contributed by atoms with E-state index in [2.05, 4.69) is 60.1 Å². The number of sulfone groups is 1. The van der Waals surface area contributed by atoms with Crippen LogP contribution < -0.4 is 0 Å². The predicted molar refractivity (Wildman–Crippen MR) is 182 cm³/mol. The van der Waals surface area contributed by atoms with Crippen molar-refractivity contribution in [1.82, 2.24) is 0 Å². The Balaban J connectivity index is -0.000000251. The molecular formula is C35H70F6O4S. The minimum atomic E-state index is -5.24. The van der Waals surface area contributed by atoms with Crippen molar-refractivity contribution in [2.45, 2.75) is 153 Å². The van der Waals surface area contributed by atoms with Crippen LogP contribution in [0.2, 0.25) is 0 Å². The largest absolute Gasteiger partial charge is 0.402 e. The van der Waals surface area contributed by atoms with Gasteiger partial charge in [-0.05, 0) is 87.9 Å². The van der Waals surface area contributed by atoms with Gasteiger partial charge in [0.05, 0.1) is 0 Å². The molecule has 46 heavy (non-hydrogen) atoms. The molecule has 11 heteroatoms. The van der Waals surface area contributed by atoms with E-state index in [1.807, 2.05) is 0 Å². The third-order valence-corrected chi connectivity index (χ3v) is 7.52. The molecule has 0 aliphatic heterocycles. The Morgan fingerprint density at radius 2 is 0.870 bits per heavy atom. The SMILES string of the molecule is CC(C)(C(F)(F)F)C(F)(F)F.CC(C)(C)C.CC(C)=O.CC1(C)C2CCCCC2C2CCCCC21.CCC.COC.CS(C)(=O)=O. The summed E-state index contributed by atoms with van der Waals surface area (Å²) in [6.07, 6.45) is 5.39. The molecule has 282 valence electrons. The van der Waals surface area contributed by atoms with E-state index in [1.54, 1.807) is 39.9 Å². The van der Waals surface area contributed by atoms with Gasteiger partial charge in [-0.2, -0.15) is 26.3 Å². The van der Waals surface area contributed by atoms with Gasteiger partial charge < -0.3 is 9.53 Å². The zero-order valence-electron chi connectivity index (χ0n) is 32.0. The number of halogens is 6. The third-order valence-electron chi connectivity index (χ3n) is 7.52. The summed E-state index contributed by atoms with van der Waals surface area (Å²) in [4.78, 5) is 9.44. The quantitative estimate of drug-likeness (QED) is 0.236. The van der Waals surface area contributed by atoms with E-state index in [0.29, 0.717) is 10.8 Å². The molecule has 3 aliphatic carbocycles. The minimum absolute atomic E-state index is 0.104. The molecule has 0 bridgehead atoms. The average molecular weight is 701 g/mol. The van der Waals surface area contributed by atoms with Gasteiger partial charge in [0.15, 0.2) is 5.41 Å². The summed E-state index contributed by atoms with van der Waals surface area (Å²) in [6.45, 7) is 21.4. The Morgan fingerprint density at radius 3 is 1.02 bits per heavy atom. The van der Waals surface area contributed by atoms with Gasteiger partial charge in [0.25, 0.3) is 0 Å². The number of hydrogen-bond acceptors (Lipinski definition) is 4. The van der Waals surface area contributed by atoms with E-state index in [-0.39, 0.29) is 19.6 Å². The molecule has 3 fully saturated rings. The van der Waals surface area contributed by atoms with E-state index in [1.165, 1.54) is 46.0 Å². The lowest BCUT2D eigenvalue weighted by Crippen LogP contribution is -2.44. The summed E-state index contributed by atoms with van der Waals surface area (Å²) in [5.74, 6) is 4.58. The Labute approximate surface area is 279 Å². The third kappa shape index (κ3) is 25.2. The molecule has 3 saturated carbocycles. The summed E-state index contributed by atoms with van der Waals surface area (Å²) >= 11 is 0. The molecule has 4 nitrogen and oxygen atoms in total. The Bertz CT molecular complexity index is 828. The summed E-state index contributed by atoms with van der Waals surface area (Å²) in [6, 6.07) is 0. The number of rotatable bonds is 0. The summed E-state index contributed by atoms with van der Waals surface area (Å²) in [5.41, 5.74) is -2.45. The molecule has 4 unspecified atom stereocenters. The van der Waals surface area contributed by atoms with Gasteiger partial charge >= 0.3 is 12.4 Å². The Hall–Kier alpha value is -0.840. The molecule has 0 spiro atoms. The molecule has 3 aliphatic rings. The number of Topliss-reactive ketones (excluding diaryl/α,β-unsaturated/α-hetero) is 1. The number of carbonyl (C=O) groups excluding carboxylic acids is 1. The van der Waals surface area contributed by atoms with Crippen molar-refractivity contribution >= 4 is 15.6 Å². The van der Waals surface area contributed by atoms with Gasteiger partial charge in [-0.1, -0.05) is 87.5 Å². The van der Waals surface area contributed by atoms with Gasteiger partial charge in [-0.3, -0.25) is 0 Å². The fourth-order valence-electron chi connectivity index (χ4n) is 5.63. The first-order valence-corrected chi connectivity index (χ1v) is 18.7. The van der Waals surface area contributed by atoms with Crippen LogP contribution in [0.4, 0.5) is 26.3 Å². The molecule has 0 aromatic rings. The highest BCUT2D eigenvalue weighted by Crippen LogP contribution is 2.62. The topological polar surface area (TPSA) is 60.4 Å². The normalized spacial score (nSPS) is 23.3. The highest BCUT2D eigenvalue weighted by atomic mass is 32.2. The smallest absolute Gasteiger partial charge is 0.388 e. The molecule has 0 aromatic heterocycles. The molecule has 3 rings (SSSR count). The van der Waals surface area contributed by atoms with Gasteiger partial charge in [-0.25, -0.2) is 8.42 Å². The Morgan fingerprint density at radius 1 is 0.696 bits per heavy atom. The number of fused-ring (bicyclic) bond motifs is 3. The second-order valence-corrected chi connectivity index (χ2v) is 18.0. The van der Waals surface area contributed by atoms with Crippen LogP contribution in [0.25, 0.3) is 0 Å². The zero-order chi connectivity index (χ0) is 38.0. The lowest BCUT2D eigenvalue weighted by atomic mass is 9.68. The number of alkyl halides is 6. The van der Waals surface area contributed by atoms with E-state index in [4.69, 9.17) is 0 Å². The lowest BCUT2D eigenvalue weighted by molar-refractivity contribution is -0.327. The fourth-order valence-corrected chi connectivity index (χ4v) is 5.63. The van der Waals surface area contributed by atoms with Crippen molar-refractivity contribution in [2.75, 3.05) is 26.7 Å². The van der Waals surface area contributed by atoms with Crippen LogP contribution in [-0.2, 0) is 19.4 Å². The molecule has 4 atom stereocenters. The summed E-state index contributed by atoms with van der Waals surface area (Å²) < 4.78 is 93.2. The van der Waals surface area contributed by atoms with Crippen molar-refractivity contribution in [3.63, 3.8) is 0 Å². The van der Waals surface area contributed by atoms with E-state index < -0.39 is 27.6 Å². The van der Waals surface area contributed by atoms with Crippen molar-refractivity contribution in [3.05, 3.63) is 0 Å². The molecule has 0 N–H and O–H groups in total. The van der Waals surface area contributed by atoms with E-state index in [0.717, 1.165) is 36.2 Å². The number of carbonyl (C=O) groups is 1. The van der Waals surface area contributed by atoms with Gasteiger partial charge in [-0.15, -0.1) is 0 Å². The van der Waals surface area contributed by atoms with Gasteiger partial charge in [0.1, 0.15) is 15.6 Å². The van der Waals surface area contributed by atoms with Crippen LogP contribution >= 0.6 is 0 Å². The minimum Gasteiger partial charge on any atom is -0.388 e. The first-order chi connectivity index (χ1) is 20.3. The monoisotopic (exact) mass is 700 g/mol. The molecule has 0 heterocycles. The number of ether oxygens (including phenoxy) is 1. The molecule has 0 saturated heterocycles. The average Bonchev–Trinajstić information content (AvgIpc) is 3.04. The van der Waals surface area contributed by atoms with Crippen molar-refractivity contribution in [3.8, 4) is 0 Å². The predicted octanol–water partition coefficient (Wildman–Crippen LogP) is 11.8. The van der Waals surface area contributed by atoms with E-state index >= 15 is 0 Å². The van der Waals surface area contributed by atoms with Crippen LogP contribution in [-0.4, -0.2) is 53.3 Å². The summed E-state index contributed by atoms with van der Waals surface area (Å²) in [7, 11) is 0.583. The number of methoxy groups -OCH3 is 1. The maximum absolute atomic E-state index is 11.6. The zero-order valence-corrected chi connectivity index (χ0v) is 32.8. The first-order valence-electron chi connectivity index (χ1n) is 16.4. The summed E-state index contributed by atoms with van der Waals surface area (Å²) in [5, 5.41) is 0. The second kappa shape index (κ2) is 22.7. The number of ketones is 1. The molecule has 0 radical (unpaired) electrons. The molecular weight excluding hydrogens is 630 g/mol. The van der Waals surface area contributed by atoms with Crippen LogP contribution in [0.3, 0.4) is 0 Å². The van der Waals surface area contributed by atoms with Crippen molar-refractivity contribution in [1.29, 1.82) is 0 Å². The maximum Gasteiger partial charge on any atom is 0.402 e. The van der Waals surface area contributed by atoms with Gasteiger partial charge in [0, 0.05) is 26.7 Å².